The minimum Gasteiger partial charge on any atom is -0.493 e. The molecule has 1 N–H and O–H groups in total. The van der Waals surface area contributed by atoms with Gasteiger partial charge in [-0.15, -0.1) is 0 Å². The van der Waals surface area contributed by atoms with Gasteiger partial charge in [0.15, 0.2) is 0 Å². The third-order valence-corrected chi connectivity index (χ3v) is 3.56. The van der Waals surface area contributed by atoms with Crippen LogP contribution in [-0.2, 0) is 9.53 Å². The van der Waals surface area contributed by atoms with Crippen LogP contribution >= 0.6 is 0 Å². The van der Waals surface area contributed by atoms with E-state index in [2.05, 4.69) is 5.32 Å². The molecule has 6 heteroatoms. The molecule has 0 spiro atoms. The lowest BCUT2D eigenvalue weighted by Gasteiger charge is -2.13. The minimum absolute atomic E-state index is 0.126. The number of carbonyl (C=O) groups excluding carboxylic acids is 2. The highest BCUT2D eigenvalue weighted by molar-refractivity contribution is 5.92. The molecule has 3 rings (SSSR count). The van der Waals surface area contributed by atoms with Crippen molar-refractivity contribution in [2.75, 3.05) is 30.0 Å². The molecule has 0 unspecified atom stereocenters. The first kappa shape index (κ1) is 15.9. The molecular formula is C18H18N2O4. The maximum Gasteiger partial charge on any atom is 0.414 e. The molecule has 1 fully saturated rings. The summed E-state index contributed by atoms with van der Waals surface area (Å²) in [6.07, 6.45) is -0.0837. The summed E-state index contributed by atoms with van der Waals surface area (Å²) in [6, 6.07) is 16.4. The smallest absolute Gasteiger partial charge is 0.414 e. The van der Waals surface area contributed by atoms with Gasteiger partial charge in [-0.25, -0.2) is 4.79 Å². The molecule has 1 heterocycles. The van der Waals surface area contributed by atoms with Gasteiger partial charge >= 0.3 is 6.09 Å². The van der Waals surface area contributed by atoms with Crippen LogP contribution in [0.5, 0.6) is 5.75 Å². The molecule has 1 aliphatic heterocycles. The molecule has 1 aliphatic rings. The van der Waals surface area contributed by atoms with E-state index in [0.717, 1.165) is 11.4 Å². The fourth-order valence-electron chi connectivity index (χ4n) is 2.35. The average molecular weight is 326 g/mol. The van der Waals surface area contributed by atoms with Crippen LogP contribution in [0.1, 0.15) is 6.42 Å². The van der Waals surface area contributed by atoms with Crippen molar-refractivity contribution in [1.82, 2.24) is 0 Å². The Hall–Kier alpha value is -3.02. The summed E-state index contributed by atoms with van der Waals surface area (Å²) in [4.78, 5) is 25.0. The lowest BCUT2D eigenvalue weighted by molar-refractivity contribution is -0.116. The summed E-state index contributed by atoms with van der Waals surface area (Å²) in [7, 11) is 0. The van der Waals surface area contributed by atoms with E-state index < -0.39 is 0 Å². The van der Waals surface area contributed by atoms with Crippen LogP contribution in [0, 0.1) is 0 Å². The van der Waals surface area contributed by atoms with Gasteiger partial charge in [-0.05, 0) is 36.4 Å². The number of para-hydroxylation sites is 1. The second-order valence-corrected chi connectivity index (χ2v) is 5.27. The van der Waals surface area contributed by atoms with Crippen LogP contribution in [0.3, 0.4) is 0 Å². The Balaban J connectivity index is 1.47. The van der Waals surface area contributed by atoms with Crippen LogP contribution in [0.15, 0.2) is 54.6 Å². The highest BCUT2D eigenvalue weighted by Gasteiger charge is 2.23. The van der Waals surface area contributed by atoms with E-state index in [4.69, 9.17) is 9.47 Å². The Morgan fingerprint density at radius 1 is 1.12 bits per heavy atom. The number of hydrogen-bond acceptors (Lipinski definition) is 4. The Labute approximate surface area is 140 Å². The number of benzene rings is 2. The van der Waals surface area contributed by atoms with Crippen molar-refractivity contribution < 1.29 is 19.1 Å². The van der Waals surface area contributed by atoms with Crippen molar-refractivity contribution in [2.45, 2.75) is 6.42 Å². The van der Waals surface area contributed by atoms with Gasteiger partial charge in [0.1, 0.15) is 12.4 Å². The Morgan fingerprint density at radius 2 is 1.88 bits per heavy atom. The zero-order valence-electron chi connectivity index (χ0n) is 13.1. The van der Waals surface area contributed by atoms with Gasteiger partial charge in [0.05, 0.1) is 19.6 Å². The molecule has 24 heavy (non-hydrogen) atoms. The molecule has 0 aromatic heterocycles. The first-order chi connectivity index (χ1) is 11.7. The molecule has 0 atom stereocenters. The van der Waals surface area contributed by atoms with Gasteiger partial charge in [0.2, 0.25) is 5.91 Å². The lowest BCUT2D eigenvalue weighted by atomic mass is 10.2. The number of nitrogens with one attached hydrogen (secondary N) is 1. The molecule has 1 saturated heterocycles. The largest absolute Gasteiger partial charge is 0.493 e. The summed E-state index contributed by atoms with van der Waals surface area (Å²) in [6.45, 7) is 1.26. The van der Waals surface area contributed by atoms with Gasteiger partial charge in [0.25, 0.3) is 0 Å². The maximum absolute atomic E-state index is 11.9. The predicted molar refractivity (Wildman–Crippen MR) is 90.3 cm³/mol. The van der Waals surface area contributed by atoms with E-state index in [1.54, 1.807) is 29.2 Å². The number of rotatable bonds is 6. The van der Waals surface area contributed by atoms with Gasteiger partial charge in [-0.3, -0.25) is 9.69 Å². The second kappa shape index (κ2) is 7.50. The van der Waals surface area contributed by atoms with Crippen molar-refractivity contribution >= 4 is 23.4 Å². The number of nitrogens with zero attached hydrogens (tertiary/aromatic N) is 1. The van der Waals surface area contributed by atoms with Crippen molar-refractivity contribution in [3.05, 3.63) is 54.6 Å². The van der Waals surface area contributed by atoms with Crippen LogP contribution in [0.4, 0.5) is 16.2 Å². The van der Waals surface area contributed by atoms with Crippen LogP contribution in [0.2, 0.25) is 0 Å². The number of ether oxygens (including phenoxy) is 2. The van der Waals surface area contributed by atoms with Crippen LogP contribution < -0.4 is 15.0 Å². The maximum atomic E-state index is 11.9. The molecule has 0 aliphatic carbocycles. The molecule has 2 amide bonds. The van der Waals surface area contributed by atoms with Crippen molar-refractivity contribution in [3.63, 3.8) is 0 Å². The van der Waals surface area contributed by atoms with Crippen molar-refractivity contribution in [2.24, 2.45) is 0 Å². The highest BCUT2D eigenvalue weighted by Crippen LogP contribution is 2.21. The van der Waals surface area contributed by atoms with Crippen molar-refractivity contribution in [3.8, 4) is 5.75 Å². The highest BCUT2D eigenvalue weighted by atomic mass is 16.6. The number of hydrogen-bond donors (Lipinski definition) is 1. The summed E-state index contributed by atoms with van der Waals surface area (Å²) in [5, 5.41) is 2.80. The molecule has 2 aromatic rings. The fraction of sp³-hybridized carbons (Fsp3) is 0.222. The van der Waals surface area contributed by atoms with E-state index in [1.807, 2.05) is 30.3 Å². The zero-order valence-corrected chi connectivity index (χ0v) is 13.1. The first-order valence-electron chi connectivity index (χ1n) is 7.74. The standard InChI is InChI=1S/C18H18N2O4/c21-17(10-12-23-16-4-2-1-3-5-16)19-14-6-8-15(9-7-14)20-11-13-24-18(20)22/h1-9H,10-13H2,(H,19,21). The van der Waals surface area contributed by atoms with Crippen LogP contribution in [0.25, 0.3) is 0 Å². The van der Waals surface area contributed by atoms with Crippen molar-refractivity contribution in [1.29, 1.82) is 0 Å². The van der Waals surface area contributed by atoms with E-state index in [1.165, 1.54) is 0 Å². The molecule has 0 bridgehead atoms. The second-order valence-electron chi connectivity index (χ2n) is 5.27. The fourth-order valence-corrected chi connectivity index (χ4v) is 2.35. The molecule has 0 radical (unpaired) electrons. The topological polar surface area (TPSA) is 67.9 Å². The molecule has 0 saturated carbocycles. The summed E-state index contributed by atoms with van der Waals surface area (Å²) >= 11 is 0. The number of carbonyl (C=O) groups is 2. The van der Waals surface area contributed by atoms with E-state index in [-0.39, 0.29) is 18.4 Å². The third-order valence-electron chi connectivity index (χ3n) is 3.56. The number of anilines is 2. The van der Waals surface area contributed by atoms with E-state index in [0.29, 0.717) is 25.4 Å². The molecule has 124 valence electrons. The quantitative estimate of drug-likeness (QED) is 0.886. The van der Waals surface area contributed by atoms with Crippen LogP contribution in [-0.4, -0.2) is 31.8 Å². The third kappa shape index (κ3) is 4.04. The van der Waals surface area contributed by atoms with E-state index >= 15 is 0 Å². The Bertz CT molecular complexity index is 701. The Morgan fingerprint density at radius 3 is 2.54 bits per heavy atom. The van der Waals surface area contributed by atoms with E-state index in [9.17, 15) is 9.59 Å². The zero-order chi connectivity index (χ0) is 16.8. The lowest BCUT2D eigenvalue weighted by Crippen LogP contribution is -2.23. The van der Waals surface area contributed by atoms with Gasteiger partial charge in [-0.1, -0.05) is 18.2 Å². The van der Waals surface area contributed by atoms with Gasteiger partial charge < -0.3 is 14.8 Å². The monoisotopic (exact) mass is 326 g/mol. The summed E-state index contributed by atoms with van der Waals surface area (Å²) < 4.78 is 10.4. The molecule has 6 nitrogen and oxygen atoms in total. The molecule has 2 aromatic carbocycles. The Kier molecular flexibility index (Phi) is 4.96. The normalized spacial score (nSPS) is 13.5. The molecular weight excluding hydrogens is 308 g/mol. The minimum atomic E-state index is -0.343. The predicted octanol–water partition coefficient (Wildman–Crippen LogP) is 3.05. The SMILES string of the molecule is O=C(CCOc1ccccc1)Nc1ccc(N2CCOC2=O)cc1. The first-order valence-corrected chi connectivity index (χ1v) is 7.74. The summed E-state index contributed by atoms with van der Waals surface area (Å²) in [5.74, 6) is 0.617. The average Bonchev–Trinajstić information content (AvgIpc) is 3.03. The van der Waals surface area contributed by atoms with Gasteiger partial charge in [0, 0.05) is 11.4 Å². The number of amides is 2. The number of cyclic esters (lactones) is 1. The summed E-state index contributed by atoms with van der Waals surface area (Å²) in [5.41, 5.74) is 1.43. The van der Waals surface area contributed by atoms with Gasteiger partial charge in [-0.2, -0.15) is 0 Å².